The van der Waals surface area contributed by atoms with Gasteiger partial charge in [0.1, 0.15) is 0 Å². The monoisotopic (exact) mass is 231 g/mol. The Morgan fingerprint density at radius 2 is 2.20 bits per heavy atom. The van der Waals surface area contributed by atoms with Crippen LogP contribution in [0.15, 0.2) is 12.1 Å². The summed E-state index contributed by atoms with van der Waals surface area (Å²) in [6.45, 7) is 1.49. The third-order valence-corrected chi connectivity index (χ3v) is 2.16. The van der Waals surface area contributed by atoms with Gasteiger partial charge in [0.25, 0.3) is 0 Å². The zero-order valence-electron chi connectivity index (χ0n) is 7.79. The van der Waals surface area contributed by atoms with Crippen LogP contribution in [0.5, 0.6) is 0 Å². The van der Waals surface area contributed by atoms with E-state index < -0.39 is 22.2 Å². The number of hydrogen-bond donors (Lipinski definition) is 0. The van der Waals surface area contributed by atoms with Gasteiger partial charge in [0.2, 0.25) is 5.82 Å². The maximum absolute atomic E-state index is 13.1. The first kappa shape index (κ1) is 11.6. The number of nitrogens with zero attached hydrogens (tertiary/aromatic N) is 1. The molecule has 1 aromatic carbocycles. The standard InChI is InChI=1S/C9H7ClFNO3/c1-5-2-8(12(14)15)7(11)3-6(5)9(13)4-10/h2-3H,4H2,1H3. The van der Waals surface area contributed by atoms with Gasteiger partial charge >= 0.3 is 5.69 Å². The molecule has 80 valence electrons. The predicted octanol–water partition coefficient (Wildman–Crippen LogP) is 2.46. The lowest BCUT2D eigenvalue weighted by molar-refractivity contribution is -0.387. The molecular formula is C9H7ClFNO3. The number of carbonyl (C=O) groups excluding carboxylic acids is 1. The lowest BCUT2D eigenvalue weighted by Gasteiger charge is -2.03. The molecule has 0 saturated carbocycles. The molecule has 6 heteroatoms. The molecule has 0 amide bonds. The average molecular weight is 232 g/mol. The molecule has 0 bridgehead atoms. The van der Waals surface area contributed by atoms with Crippen LogP contribution in [0.25, 0.3) is 0 Å². The quantitative estimate of drug-likeness (QED) is 0.347. The van der Waals surface area contributed by atoms with Crippen molar-refractivity contribution in [2.75, 3.05) is 5.88 Å². The lowest BCUT2D eigenvalue weighted by Crippen LogP contribution is -2.05. The normalized spacial score (nSPS) is 10.1. The predicted molar refractivity (Wildman–Crippen MR) is 52.8 cm³/mol. The molecule has 0 atom stereocenters. The van der Waals surface area contributed by atoms with Crippen LogP contribution >= 0.6 is 11.6 Å². The summed E-state index contributed by atoms with van der Waals surface area (Å²) < 4.78 is 13.1. The Kier molecular flexibility index (Phi) is 3.36. The summed E-state index contributed by atoms with van der Waals surface area (Å²) in [5, 5.41) is 10.4. The Bertz CT molecular complexity index is 434. The topological polar surface area (TPSA) is 60.2 Å². The fourth-order valence-electron chi connectivity index (χ4n) is 1.18. The van der Waals surface area contributed by atoms with Gasteiger partial charge in [-0.25, -0.2) is 0 Å². The minimum atomic E-state index is -1.03. The van der Waals surface area contributed by atoms with Gasteiger partial charge in [-0.2, -0.15) is 4.39 Å². The SMILES string of the molecule is Cc1cc([N+](=O)[O-])c(F)cc1C(=O)CCl. The van der Waals surface area contributed by atoms with Gasteiger partial charge in [-0.15, -0.1) is 11.6 Å². The van der Waals surface area contributed by atoms with Gasteiger partial charge in [0.15, 0.2) is 5.78 Å². The fourth-order valence-corrected chi connectivity index (χ4v) is 1.32. The molecule has 0 aliphatic rings. The van der Waals surface area contributed by atoms with Crippen molar-refractivity contribution in [2.24, 2.45) is 0 Å². The largest absolute Gasteiger partial charge is 0.305 e. The number of aryl methyl sites for hydroxylation is 1. The molecule has 15 heavy (non-hydrogen) atoms. The first-order valence-corrected chi connectivity index (χ1v) is 4.54. The van der Waals surface area contributed by atoms with Crippen LogP contribution < -0.4 is 0 Å². The highest BCUT2D eigenvalue weighted by Gasteiger charge is 2.19. The molecule has 0 radical (unpaired) electrons. The van der Waals surface area contributed by atoms with Gasteiger partial charge in [-0.3, -0.25) is 14.9 Å². The third-order valence-electron chi connectivity index (χ3n) is 1.91. The van der Waals surface area contributed by atoms with Crippen molar-refractivity contribution in [1.82, 2.24) is 0 Å². The maximum Gasteiger partial charge on any atom is 0.305 e. The van der Waals surface area contributed by atoms with E-state index >= 15 is 0 Å². The van der Waals surface area contributed by atoms with E-state index in [9.17, 15) is 19.3 Å². The Labute approximate surface area is 89.8 Å². The van der Waals surface area contributed by atoms with E-state index in [1.807, 2.05) is 0 Å². The first-order valence-electron chi connectivity index (χ1n) is 4.01. The van der Waals surface area contributed by atoms with Crippen LogP contribution in [-0.4, -0.2) is 16.6 Å². The number of alkyl halides is 1. The molecule has 1 aromatic rings. The number of carbonyl (C=O) groups is 1. The van der Waals surface area contributed by atoms with Crippen molar-refractivity contribution in [3.8, 4) is 0 Å². The van der Waals surface area contributed by atoms with Crippen LogP contribution in [0.4, 0.5) is 10.1 Å². The van der Waals surface area contributed by atoms with Gasteiger partial charge in [0.05, 0.1) is 10.8 Å². The molecule has 1 rings (SSSR count). The molecule has 0 aromatic heterocycles. The molecule has 0 fully saturated rings. The summed E-state index contributed by atoms with van der Waals surface area (Å²) in [7, 11) is 0. The first-order chi connectivity index (χ1) is 6.97. The molecule has 0 unspecified atom stereocenters. The lowest BCUT2D eigenvalue weighted by atomic mass is 10.0. The minimum Gasteiger partial charge on any atom is -0.293 e. The molecule has 0 heterocycles. The van der Waals surface area contributed by atoms with Crippen LogP contribution in [0.1, 0.15) is 15.9 Å². The van der Waals surface area contributed by atoms with E-state index in [1.54, 1.807) is 0 Å². The Balaban J connectivity index is 3.31. The average Bonchev–Trinajstić information content (AvgIpc) is 2.19. The number of rotatable bonds is 3. The maximum atomic E-state index is 13.1. The van der Waals surface area contributed by atoms with Gasteiger partial charge in [0, 0.05) is 11.6 Å². The summed E-state index contributed by atoms with van der Waals surface area (Å²) in [6.07, 6.45) is 0. The van der Waals surface area contributed by atoms with Crippen LogP contribution in [0.3, 0.4) is 0 Å². The second-order valence-corrected chi connectivity index (χ2v) is 3.20. The van der Waals surface area contributed by atoms with Crippen molar-refractivity contribution < 1.29 is 14.1 Å². The Morgan fingerprint density at radius 1 is 1.60 bits per heavy atom. The second kappa shape index (κ2) is 4.35. The van der Waals surface area contributed by atoms with Crippen LogP contribution in [0, 0.1) is 22.9 Å². The highest BCUT2D eigenvalue weighted by molar-refractivity contribution is 6.30. The molecule has 0 saturated heterocycles. The minimum absolute atomic E-state index is 0.0769. The molecule has 0 aliphatic heterocycles. The number of halogens is 2. The smallest absolute Gasteiger partial charge is 0.293 e. The van der Waals surface area contributed by atoms with E-state index in [0.717, 1.165) is 12.1 Å². The summed E-state index contributed by atoms with van der Waals surface area (Å²) >= 11 is 5.31. The van der Waals surface area contributed by atoms with E-state index in [2.05, 4.69) is 0 Å². The van der Waals surface area contributed by atoms with Crippen LogP contribution in [-0.2, 0) is 0 Å². The van der Waals surface area contributed by atoms with Crippen molar-refractivity contribution in [1.29, 1.82) is 0 Å². The van der Waals surface area contributed by atoms with E-state index in [-0.39, 0.29) is 11.4 Å². The van der Waals surface area contributed by atoms with Gasteiger partial charge < -0.3 is 0 Å². The number of Topliss-reactive ketones (excluding diaryl/α,β-unsaturated/α-hetero) is 1. The number of nitro groups is 1. The van der Waals surface area contributed by atoms with Crippen molar-refractivity contribution in [3.05, 3.63) is 39.2 Å². The molecule has 0 aliphatic carbocycles. The summed E-state index contributed by atoms with van der Waals surface area (Å²) in [5.74, 6) is -1.76. The zero-order valence-corrected chi connectivity index (χ0v) is 8.55. The summed E-state index contributed by atoms with van der Waals surface area (Å²) in [5.41, 5.74) is -0.222. The molecular weight excluding hydrogens is 225 g/mol. The Morgan fingerprint density at radius 3 is 2.67 bits per heavy atom. The molecule has 0 N–H and O–H groups in total. The van der Waals surface area contributed by atoms with Crippen LogP contribution in [0.2, 0.25) is 0 Å². The van der Waals surface area contributed by atoms with E-state index in [4.69, 9.17) is 11.6 Å². The van der Waals surface area contributed by atoms with Crippen molar-refractivity contribution in [2.45, 2.75) is 6.92 Å². The molecule has 0 spiro atoms. The number of nitro benzene ring substituents is 1. The second-order valence-electron chi connectivity index (χ2n) is 2.93. The number of hydrogen-bond acceptors (Lipinski definition) is 3. The highest BCUT2D eigenvalue weighted by atomic mass is 35.5. The third kappa shape index (κ3) is 2.30. The summed E-state index contributed by atoms with van der Waals surface area (Å²) in [4.78, 5) is 20.7. The van der Waals surface area contributed by atoms with E-state index in [0.29, 0.717) is 5.56 Å². The number of ketones is 1. The van der Waals surface area contributed by atoms with Crippen molar-refractivity contribution in [3.63, 3.8) is 0 Å². The fraction of sp³-hybridized carbons (Fsp3) is 0.222. The van der Waals surface area contributed by atoms with Gasteiger partial charge in [-0.1, -0.05) is 0 Å². The number of benzene rings is 1. The van der Waals surface area contributed by atoms with E-state index in [1.165, 1.54) is 6.92 Å². The highest BCUT2D eigenvalue weighted by Crippen LogP contribution is 2.22. The Hall–Kier alpha value is -1.49. The molecule has 4 nitrogen and oxygen atoms in total. The van der Waals surface area contributed by atoms with Crippen molar-refractivity contribution >= 4 is 23.1 Å². The zero-order chi connectivity index (χ0) is 11.6. The van der Waals surface area contributed by atoms with Gasteiger partial charge in [-0.05, 0) is 18.6 Å². The summed E-state index contributed by atoms with van der Waals surface area (Å²) in [6, 6.07) is 1.87.